The molecule has 1 fully saturated rings. The van der Waals surface area contributed by atoms with Crippen molar-refractivity contribution < 1.29 is 14.7 Å². The first-order valence-electron chi connectivity index (χ1n) is 6.26. The number of carbonyl (C=O) groups is 2. The van der Waals surface area contributed by atoms with E-state index in [2.05, 4.69) is 17.6 Å². The number of nitrogens with one attached hydrogen (secondary N) is 2. The van der Waals surface area contributed by atoms with Gasteiger partial charge in [-0.2, -0.15) is 0 Å². The minimum Gasteiger partial charge on any atom is -0.481 e. The average Bonchev–Trinajstić information content (AvgIpc) is 2.70. The molecular formula is C12H22N2O3. The number of carboxylic acids is 1. The van der Waals surface area contributed by atoms with Gasteiger partial charge in [-0.15, -0.1) is 0 Å². The van der Waals surface area contributed by atoms with E-state index in [9.17, 15) is 9.59 Å². The lowest BCUT2D eigenvalue weighted by Gasteiger charge is -2.15. The van der Waals surface area contributed by atoms with Crippen molar-refractivity contribution in [2.45, 2.75) is 39.2 Å². The summed E-state index contributed by atoms with van der Waals surface area (Å²) in [6, 6.07) is -0.0769. The molecule has 1 aliphatic heterocycles. The van der Waals surface area contributed by atoms with Crippen LogP contribution >= 0.6 is 0 Å². The van der Waals surface area contributed by atoms with E-state index >= 15 is 0 Å². The van der Waals surface area contributed by atoms with E-state index in [1.165, 1.54) is 0 Å². The highest BCUT2D eigenvalue weighted by molar-refractivity contribution is 5.82. The molecule has 0 aromatic carbocycles. The second-order valence-electron chi connectivity index (χ2n) is 4.87. The molecule has 1 rings (SSSR count). The van der Waals surface area contributed by atoms with Crippen LogP contribution in [0.4, 0.5) is 0 Å². The molecule has 1 amide bonds. The van der Waals surface area contributed by atoms with E-state index in [0.29, 0.717) is 25.3 Å². The molecule has 0 saturated carbocycles. The first-order valence-corrected chi connectivity index (χ1v) is 6.26. The Morgan fingerprint density at radius 2 is 2.24 bits per heavy atom. The fraction of sp³-hybridized carbons (Fsp3) is 0.833. The van der Waals surface area contributed by atoms with Gasteiger partial charge in [0.05, 0.1) is 12.0 Å². The van der Waals surface area contributed by atoms with Crippen molar-refractivity contribution in [3.8, 4) is 0 Å². The van der Waals surface area contributed by atoms with Crippen LogP contribution in [0.25, 0.3) is 0 Å². The lowest BCUT2D eigenvalue weighted by molar-refractivity contribution is -0.141. The zero-order valence-electron chi connectivity index (χ0n) is 10.5. The van der Waals surface area contributed by atoms with Crippen LogP contribution in [-0.4, -0.2) is 36.1 Å². The summed E-state index contributed by atoms with van der Waals surface area (Å²) in [6.45, 7) is 5.21. The number of rotatable bonds is 6. The van der Waals surface area contributed by atoms with Gasteiger partial charge < -0.3 is 15.7 Å². The van der Waals surface area contributed by atoms with Crippen LogP contribution in [0.3, 0.4) is 0 Å². The second-order valence-corrected chi connectivity index (χ2v) is 4.87. The van der Waals surface area contributed by atoms with Gasteiger partial charge in [0.1, 0.15) is 0 Å². The van der Waals surface area contributed by atoms with Crippen molar-refractivity contribution in [2.24, 2.45) is 11.8 Å². The summed E-state index contributed by atoms with van der Waals surface area (Å²) in [5.74, 6) is -0.691. The smallest absolute Gasteiger partial charge is 0.306 e. The van der Waals surface area contributed by atoms with Gasteiger partial charge in [-0.05, 0) is 31.7 Å². The Morgan fingerprint density at radius 3 is 2.76 bits per heavy atom. The normalized spacial score (nSPS) is 25.5. The predicted octanol–water partition coefficient (Wildman–Crippen LogP) is 0.601. The Balaban J connectivity index is 2.14. The van der Waals surface area contributed by atoms with Gasteiger partial charge in [0.25, 0.3) is 0 Å². The van der Waals surface area contributed by atoms with E-state index in [1.54, 1.807) is 6.92 Å². The summed E-state index contributed by atoms with van der Waals surface area (Å²) in [5, 5.41) is 14.7. The van der Waals surface area contributed by atoms with Crippen molar-refractivity contribution in [2.75, 3.05) is 13.1 Å². The molecular weight excluding hydrogens is 220 g/mol. The van der Waals surface area contributed by atoms with Crippen molar-refractivity contribution in [1.29, 1.82) is 0 Å². The third-order valence-electron chi connectivity index (χ3n) is 3.35. The third-order valence-corrected chi connectivity index (χ3v) is 3.35. The van der Waals surface area contributed by atoms with E-state index in [4.69, 9.17) is 5.11 Å². The maximum atomic E-state index is 11.7. The minimum absolute atomic E-state index is 0.0398. The van der Waals surface area contributed by atoms with Gasteiger partial charge in [0.15, 0.2) is 0 Å². The van der Waals surface area contributed by atoms with Crippen molar-refractivity contribution >= 4 is 11.9 Å². The Bertz CT molecular complexity index is 281. The minimum atomic E-state index is -0.776. The topological polar surface area (TPSA) is 78.4 Å². The Kier molecular flexibility index (Phi) is 5.41. The maximum absolute atomic E-state index is 11.7. The highest BCUT2D eigenvalue weighted by Gasteiger charge is 2.28. The zero-order valence-corrected chi connectivity index (χ0v) is 10.5. The van der Waals surface area contributed by atoms with Gasteiger partial charge in [-0.25, -0.2) is 0 Å². The Morgan fingerprint density at radius 1 is 1.53 bits per heavy atom. The van der Waals surface area contributed by atoms with Crippen LogP contribution in [-0.2, 0) is 9.59 Å². The summed E-state index contributed by atoms with van der Waals surface area (Å²) in [7, 11) is 0. The lowest BCUT2D eigenvalue weighted by Crippen LogP contribution is -2.43. The van der Waals surface area contributed by atoms with Crippen molar-refractivity contribution in [3.05, 3.63) is 0 Å². The fourth-order valence-electron chi connectivity index (χ4n) is 2.04. The van der Waals surface area contributed by atoms with Crippen LogP contribution in [0.15, 0.2) is 0 Å². The molecule has 0 aromatic heterocycles. The van der Waals surface area contributed by atoms with Crippen LogP contribution < -0.4 is 10.6 Å². The molecule has 98 valence electrons. The fourth-order valence-corrected chi connectivity index (χ4v) is 2.04. The molecule has 5 heteroatoms. The van der Waals surface area contributed by atoms with Crippen LogP contribution in [0, 0.1) is 11.8 Å². The number of carboxylic acid groups (broad SMARTS) is 1. The molecule has 5 nitrogen and oxygen atoms in total. The number of hydrogen-bond acceptors (Lipinski definition) is 3. The SMILES string of the molecule is CC(CCCNC(=O)C1NCCC1C)C(=O)O. The molecule has 0 bridgehead atoms. The Hall–Kier alpha value is -1.10. The standard InChI is InChI=1S/C12H22N2O3/c1-8-5-7-13-10(8)11(15)14-6-3-4-9(2)12(16)17/h8-10,13H,3-7H2,1-2H3,(H,14,15)(H,16,17). The zero-order chi connectivity index (χ0) is 12.8. The highest BCUT2D eigenvalue weighted by atomic mass is 16.4. The summed E-state index contributed by atoms with van der Waals surface area (Å²) in [6.07, 6.45) is 2.34. The molecule has 0 spiro atoms. The van der Waals surface area contributed by atoms with Crippen molar-refractivity contribution in [1.82, 2.24) is 10.6 Å². The number of carbonyl (C=O) groups excluding carboxylic acids is 1. The molecule has 3 unspecified atom stereocenters. The molecule has 17 heavy (non-hydrogen) atoms. The van der Waals surface area contributed by atoms with Gasteiger partial charge in [0.2, 0.25) is 5.91 Å². The second kappa shape index (κ2) is 6.59. The van der Waals surface area contributed by atoms with Gasteiger partial charge in [-0.1, -0.05) is 13.8 Å². The molecule has 1 heterocycles. The van der Waals surface area contributed by atoms with Crippen LogP contribution in [0.5, 0.6) is 0 Å². The average molecular weight is 242 g/mol. The third kappa shape index (κ3) is 4.34. The molecule has 0 aromatic rings. The molecule has 0 aliphatic carbocycles. The predicted molar refractivity (Wildman–Crippen MR) is 64.6 cm³/mol. The molecule has 1 aliphatic rings. The first kappa shape index (κ1) is 14.0. The summed E-state index contributed by atoms with van der Waals surface area (Å²) < 4.78 is 0. The molecule has 1 saturated heterocycles. The van der Waals surface area contributed by atoms with Crippen LogP contribution in [0.1, 0.15) is 33.1 Å². The van der Waals surface area contributed by atoms with E-state index in [0.717, 1.165) is 13.0 Å². The van der Waals surface area contributed by atoms with E-state index in [-0.39, 0.29) is 17.9 Å². The first-order chi connectivity index (χ1) is 8.02. The quantitative estimate of drug-likeness (QED) is 0.596. The van der Waals surface area contributed by atoms with Crippen molar-refractivity contribution in [3.63, 3.8) is 0 Å². The molecule has 0 radical (unpaired) electrons. The van der Waals surface area contributed by atoms with Gasteiger partial charge in [0, 0.05) is 6.54 Å². The summed E-state index contributed by atoms with van der Waals surface area (Å²) in [5.41, 5.74) is 0. The largest absolute Gasteiger partial charge is 0.481 e. The van der Waals surface area contributed by atoms with Gasteiger partial charge >= 0.3 is 5.97 Å². The molecule has 3 atom stereocenters. The van der Waals surface area contributed by atoms with E-state index < -0.39 is 5.97 Å². The van der Waals surface area contributed by atoms with E-state index in [1.807, 2.05) is 0 Å². The number of amides is 1. The maximum Gasteiger partial charge on any atom is 0.306 e. The number of hydrogen-bond donors (Lipinski definition) is 3. The molecule has 3 N–H and O–H groups in total. The highest BCUT2D eigenvalue weighted by Crippen LogP contribution is 2.14. The number of aliphatic carboxylic acids is 1. The van der Waals surface area contributed by atoms with Crippen LogP contribution in [0.2, 0.25) is 0 Å². The Labute approximate surface area is 102 Å². The summed E-state index contributed by atoms with van der Waals surface area (Å²) in [4.78, 5) is 22.3. The summed E-state index contributed by atoms with van der Waals surface area (Å²) >= 11 is 0. The monoisotopic (exact) mass is 242 g/mol. The lowest BCUT2D eigenvalue weighted by atomic mass is 10.0. The van der Waals surface area contributed by atoms with Gasteiger partial charge in [-0.3, -0.25) is 9.59 Å².